The standard InChI is InChI=1S/C19H17Cl2F4N3O3S/c1-2-28-16(31-12-5-3-11(22)4-6-12)10-26-18(28)17(19(23,24)25)27-32(29,30)13-7-8-14(20)15(21)9-13/h3-9,16-17,27H,2,10H2,1H3. The van der Waals surface area contributed by atoms with Gasteiger partial charge in [0.05, 0.1) is 21.5 Å². The molecule has 13 heteroatoms. The molecule has 0 saturated heterocycles. The van der Waals surface area contributed by atoms with E-state index in [1.54, 1.807) is 11.6 Å². The summed E-state index contributed by atoms with van der Waals surface area (Å²) >= 11 is 11.6. The topological polar surface area (TPSA) is 71.0 Å². The Morgan fingerprint density at radius 1 is 1.19 bits per heavy atom. The summed E-state index contributed by atoms with van der Waals surface area (Å²) in [6, 6.07) is 5.47. The minimum Gasteiger partial charge on any atom is -0.468 e. The van der Waals surface area contributed by atoms with E-state index < -0.39 is 45.0 Å². The molecule has 3 rings (SSSR count). The molecule has 0 bridgehead atoms. The Morgan fingerprint density at radius 3 is 2.41 bits per heavy atom. The average molecular weight is 514 g/mol. The number of alkyl halides is 3. The number of hydrogen-bond donors (Lipinski definition) is 1. The molecule has 0 spiro atoms. The van der Waals surface area contributed by atoms with Crippen LogP contribution >= 0.6 is 23.2 Å². The molecule has 0 amide bonds. The summed E-state index contributed by atoms with van der Waals surface area (Å²) < 4.78 is 87.4. The van der Waals surface area contributed by atoms with Gasteiger partial charge in [-0.05, 0) is 49.4 Å². The molecule has 2 aromatic carbocycles. The first kappa shape index (κ1) is 24.6. The molecule has 1 aliphatic rings. The third-order valence-corrected chi connectivity index (χ3v) is 6.70. The molecular formula is C19H17Cl2F4N3O3S. The molecule has 0 radical (unpaired) electrons. The minimum absolute atomic E-state index is 0.0474. The summed E-state index contributed by atoms with van der Waals surface area (Å²) in [6.45, 7) is 1.44. The number of halogens is 6. The Morgan fingerprint density at radius 2 is 1.84 bits per heavy atom. The van der Waals surface area contributed by atoms with Crippen LogP contribution in [-0.4, -0.2) is 50.7 Å². The first-order chi connectivity index (χ1) is 14.9. The number of likely N-dealkylation sites (N-methyl/N-ethyl adjacent to an activating group) is 1. The van der Waals surface area contributed by atoms with Gasteiger partial charge in [0.25, 0.3) is 0 Å². The van der Waals surface area contributed by atoms with Crippen LogP contribution < -0.4 is 9.46 Å². The summed E-state index contributed by atoms with van der Waals surface area (Å²) in [6.07, 6.45) is -5.93. The predicted octanol–water partition coefficient (Wildman–Crippen LogP) is 4.48. The van der Waals surface area contributed by atoms with Crippen molar-refractivity contribution in [3.8, 4) is 5.75 Å². The van der Waals surface area contributed by atoms with Gasteiger partial charge in [-0.1, -0.05) is 23.2 Å². The molecule has 0 saturated carbocycles. The highest BCUT2D eigenvalue weighted by Gasteiger charge is 2.50. The van der Waals surface area contributed by atoms with Crippen molar-refractivity contribution in [1.82, 2.24) is 9.62 Å². The Kier molecular flexibility index (Phi) is 7.23. The summed E-state index contributed by atoms with van der Waals surface area (Å²) in [5, 5.41) is -0.0737. The van der Waals surface area contributed by atoms with Crippen molar-refractivity contribution in [3.05, 3.63) is 58.3 Å². The fourth-order valence-corrected chi connectivity index (χ4v) is 4.60. The third-order valence-electron chi connectivity index (χ3n) is 4.54. The van der Waals surface area contributed by atoms with Crippen LogP contribution in [0.15, 0.2) is 52.4 Å². The fraction of sp³-hybridized carbons (Fsp3) is 0.316. The van der Waals surface area contributed by atoms with E-state index >= 15 is 0 Å². The molecule has 0 aliphatic carbocycles. The highest BCUT2D eigenvalue weighted by atomic mass is 35.5. The smallest absolute Gasteiger partial charge is 0.411 e. The molecule has 1 N–H and O–H groups in total. The number of amidine groups is 1. The Labute approximate surface area is 191 Å². The Balaban J connectivity index is 1.86. The van der Waals surface area contributed by atoms with Crippen LogP contribution in [0.5, 0.6) is 5.75 Å². The first-order valence-electron chi connectivity index (χ1n) is 9.19. The van der Waals surface area contributed by atoms with Gasteiger partial charge in [-0.15, -0.1) is 0 Å². The van der Waals surface area contributed by atoms with Crippen LogP contribution in [0.1, 0.15) is 6.92 Å². The van der Waals surface area contributed by atoms with E-state index in [9.17, 15) is 26.0 Å². The van der Waals surface area contributed by atoms with Crippen molar-refractivity contribution in [1.29, 1.82) is 0 Å². The second-order valence-electron chi connectivity index (χ2n) is 6.68. The molecule has 174 valence electrons. The minimum atomic E-state index is -5.00. The molecular weight excluding hydrogens is 497 g/mol. The molecule has 0 fully saturated rings. The zero-order valence-electron chi connectivity index (χ0n) is 16.4. The van der Waals surface area contributed by atoms with Crippen molar-refractivity contribution in [3.63, 3.8) is 0 Å². The molecule has 2 unspecified atom stereocenters. The molecule has 1 heterocycles. The number of nitrogens with one attached hydrogen (secondary N) is 1. The van der Waals surface area contributed by atoms with E-state index in [2.05, 4.69) is 4.99 Å². The summed E-state index contributed by atoms with van der Waals surface area (Å²) in [5.41, 5.74) is 0. The second kappa shape index (κ2) is 9.42. The van der Waals surface area contributed by atoms with Crippen LogP contribution in [0.2, 0.25) is 10.0 Å². The zero-order chi connectivity index (χ0) is 23.7. The highest BCUT2D eigenvalue weighted by molar-refractivity contribution is 7.89. The van der Waals surface area contributed by atoms with E-state index in [0.717, 1.165) is 24.3 Å². The number of hydrogen-bond acceptors (Lipinski definition) is 5. The van der Waals surface area contributed by atoms with Gasteiger partial charge in [0, 0.05) is 6.54 Å². The van der Waals surface area contributed by atoms with Crippen molar-refractivity contribution in [2.24, 2.45) is 4.99 Å². The number of rotatable bonds is 7. The quantitative estimate of drug-likeness (QED) is 0.554. The summed E-state index contributed by atoms with van der Waals surface area (Å²) in [5.74, 6) is -0.816. The third kappa shape index (κ3) is 5.45. The summed E-state index contributed by atoms with van der Waals surface area (Å²) in [7, 11) is -4.64. The van der Waals surface area contributed by atoms with Gasteiger partial charge < -0.3 is 9.64 Å². The monoisotopic (exact) mass is 513 g/mol. The predicted molar refractivity (Wildman–Crippen MR) is 112 cm³/mol. The Hall–Kier alpha value is -2.08. The van der Waals surface area contributed by atoms with E-state index in [0.29, 0.717) is 0 Å². The van der Waals surface area contributed by atoms with Crippen LogP contribution in [-0.2, 0) is 10.0 Å². The van der Waals surface area contributed by atoms with Crippen molar-refractivity contribution in [2.45, 2.75) is 30.3 Å². The van der Waals surface area contributed by atoms with E-state index in [-0.39, 0.29) is 28.9 Å². The number of benzene rings is 2. The first-order valence-corrected chi connectivity index (χ1v) is 11.4. The Bertz CT molecular complexity index is 1110. The van der Waals surface area contributed by atoms with Crippen LogP contribution in [0.4, 0.5) is 17.6 Å². The van der Waals surface area contributed by atoms with Gasteiger partial charge in [-0.3, -0.25) is 4.99 Å². The maximum Gasteiger partial charge on any atom is 0.411 e. The fourth-order valence-electron chi connectivity index (χ4n) is 3.04. The maximum atomic E-state index is 13.9. The average Bonchev–Trinajstić information content (AvgIpc) is 3.11. The molecule has 6 nitrogen and oxygen atoms in total. The van der Waals surface area contributed by atoms with Crippen molar-refractivity contribution in [2.75, 3.05) is 13.1 Å². The lowest BCUT2D eigenvalue weighted by molar-refractivity contribution is -0.137. The van der Waals surface area contributed by atoms with Gasteiger partial charge in [0.15, 0.2) is 12.3 Å². The van der Waals surface area contributed by atoms with E-state index in [4.69, 9.17) is 27.9 Å². The summed E-state index contributed by atoms with van der Waals surface area (Å²) in [4.78, 5) is 4.62. The zero-order valence-corrected chi connectivity index (χ0v) is 18.7. The van der Waals surface area contributed by atoms with Gasteiger partial charge in [-0.2, -0.15) is 17.9 Å². The van der Waals surface area contributed by atoms with Gasteiger partial charge in [0.1, 0.15) is 17.4 Å². The van der Waals surface area contributed by atoms with Crippen molar-refractivity contribution >= 4 is 39.1 Å². The maximum absolute atomic E-state index is 13.9. The van der Waals surface area contributed by atoms with Crippen molar-refractivity contribution < 1.29 is 30.7 Å². The van der Waals surface area contributed by atoms with E-state index in [1.165, 1.54) is 23.1 Å². The lowest BCUT2D eigenvalue weighted by Gasteiger charge is -2.31. The number of nitrogens with zero attached hydrogens (tertiary/aromatic N) is 2. The van der Waals surface area contributed by atoms with Crippen LogP contribution in [0, 0.1) is 5.82 Å². The number of aliphatic imine (C=N–C) groups is 1. The SMILES string of the molecule is CCN1C(C(NS(=O)(=O)c2ccc(Cl)c(Cl)c2)C(F)(F)F)=NCC1Oc1ccc(F)cc1. The molecule has 1 aliphatic heterocycles. The molecule has 2 atom stereocenters. The van der Waals surface area contributed by atoms with Gasteiger partial charge in [0.2, 0.25) is 10.0 Å². The normalized spacial score (nSPS) is 17.9. The molecule has 0 aromatic heterocycles. The lowest BCUT2D eigenvalue weighted by Crippen LogP contribution is -2.56. The van der Waals surface area contributed by atoms with E-state index in [1.807, 2.05) is 0 Å². The van der Waals surface area contributed by atoms with Gasteiger partial charge >= 0.3 is 6.18 Å². The second-order valence-corrected chi connectivity index (χ2v) is 9.21. The van der Waals surface area contributed by atoms with Gasteiger partial charge in [-0.25, -0.2) is 12.8 Å². The lowest BCUT2D eigenvalue weighted by atomic mass is 10.2. The molecule has 2 aromatic rings. The number of sulfonamides is 1. The largest absolute Gasteiger partial charge is 0.468 e. The molecule has 32 heavy (non-hydrogen) atoms. The highest BCUT2D eigenvalue weighted by Crippen LogP contribution is 2.30. The van der Waals surface area contributed by atoms with Crippen LogP contribution in [0.3, 0.4) is 0 Å². The van der Waals surface area contributed by atoms with Crippen LogP contribution in [0.25, 0.3) is 0 Å². The number of ether oxygens (including phenoxy) is 1.